The lowest BCUT2D eigenvalue weighted by atomic mass is 9.99. The Morgan fingerprint density at radius 3 is 2.93 bits per heavy atom. The molecule has 0 radical (unpaired) electrons. The molecule has 6 heteroatoms. The number of tetrazole rings is 1. The molecule has 5 nitrogen and oxygen atoms in total. The Kier molecular flexibility index (Phi) is 2.94. The van der Waals surface area contributed by atoms with Gasteiger partial charge in [-0.2, -0.15) is 5.21 Å². The van der Waals surface area contributed by atoms with Crippen molar-refractivity contribution in [2.24, 2.45) is 5.73 Å². The monoisotopic (exact) mass is 223 g/mol. The third-order valence-corrected chi connectivity index (χ3v) is 2.40. The maximum Gasteiger partial charge on any atom is 0.183 e. The summed E-state index contributed by atoms with van der Waals surface area (Å²) < 4.78 is 0. The van der Waals surface area contributed by atoms with Crippen LogP contribution in [0.2, 0.25) is 5.02 Å². The predicted octanol–water partition coefficient (Wildman–Crippen LogP) is 0.944. The first-order valence-corrected chi connectivity index (χ1v) is 4.88. The van der Waals surface area contributed by atoms with E-state index in [1.54, 1.807) is 0 Å². The third kappa shape index (κ3) is 2.14. The van der Waals surface area contributed by atoms with Crippen LogP contribution in [0.1, 0.15) is 17.3 Å². The zero-order valence-electron chi connectivity index (χ0n) is 7.89. The summed E-state index contributed by atoms with van der Waals surface area (Å²) >= 11 is 5.90. The largest absolute Gasteiger partial charge is 0.329 e. The molecule has 1 heterocycles. The average Bonchev–Trinajstić information content (AvgIpc) is 2.72. The van der Waals surface area contributed by atoms with Gasteiger partial charge in [0, 0.05) is 11.6 Å². The Morgan fingerprint density at radius 2 is 2.33 bits per heavy atom. The molecular weight excluding hydrogens is 214 g/mol. The molecule has 0 saturated carbocycles. The molecule has 0 aliphatic heterocycles. The number of rotatable bonds is 3. The fraction of sp³-hybridized carbons (Fsp3) is 0.222. The fourth-order valence-electron chi connectivity index (χ4n) is 1.43. The smallest absolute Gasteiger partial charge is 0.183 e. The van der Waals surface area contributed by atoms with E-state index in [9.17, 15) is 0 Å². The van der Waals surface area contributed by atoms with Gasteiger partial charge in [0.1, 0.15) is 0 Å². The molecule has 15 heavy (non-hydrogen) atoms. The van der Waals surface area contributed by atoms with Crippen LogP contribution in [0.5, 0.6) is 0 Å². The number of halogens is 1. The van der Waals surface area contributed by atoms with Crippen LogP contribution < -0.4 is 5.73 Å². The maximum absolute atomic E-state index is 5.90. The van der Waals surface area contributed by atoms with Crippen molar-refractivity contribution in [1.82, 2.24) is 20.6 Å². The van der Waals surface area contributed by atoms with Crippen molar-refractivity contribution in [3.8, 4) is 0 Å². The first kappa shape index (κ1) is 10.1. The molecule has 3 N–H and O–H groups in total. The van der Waals surface area contributed by atoms with Crippen molar-refractivity contribution in [3.05, 3.63) is 40.7 Å². The maximum atomic E-state index is 5.90. The molecule has 1 atom stereocenters. The Hall–Kier alpha value is -1.46. The van der Waals surface area contributed by atoms with Crippen LogP contribution in [0.25, 0.3) is 0 Å². The molecule has 0 fully saturated rings. The summed E-state index contributed by atoms with van der Waals surface area (Å²) in [7, 11) is 0. The fourth-order valence-corrected chi connectivity index (χ4v) is 1.63. The molecule has 78 valence electrons. The number of nitrogens with two attached hydrogens (primary N) is 1. The topological polar surface area (TPSA) is 80.5 Å². The van der Waals surface area contributed by atoms with Crippen molar-refractivity contribution in [3.63, 3.8) is 0 Å². The van der Waals surface area contributed by atoms with Gasteiger partial charge in [-0.3, -0.25) is 0 Å². The van der Waals surface area contributed by atoms with Crippen molar-refractivity contribution >= 4 is 11.6 Å². The van der Waals surface area contributed by atoms with E-state index in [0.717, 1.165) is 5.56 Å². The van der Waals surface area contributed by atoms with E-state index in [4.69, 9.17) is 17.3 Å². The van der Waals surface area contributed by atoms with Gasteiger partial charge >= 0.3 is 0 Å². The summed E-state index contributed by atoms with van der Waals surface area (Å²) in [6, 6.07) is 7.49. The highest BCUT2D eigenvalue weighted by atomic mass is 35.5. The minimum atomic E-state index is -0.0672. The number of aromatic nitrogens is 4. The number of nitrogens with zero attached hydrogens (tertiary/aromatic N) is 3. The SMILES string of the molecule is NCC(c1cccc(Cl)c1)c1nn[nH]n1. The van der Waals surface area contributed by atoms with E-state index in [1.165, 1.54) is 0 Å². The lowest BCUT2D eigenvalue weighted by molar-refractivity contribution is 0.753. The molecule has 1 aromatic heterocycles. The predicted molar refractivity (Wildman–Crippen MR) is 56.5 cm³/mol. The normalized spacial score (nSPS) is 12.7. The highest BCUT2D eigenvalue weighted by molar-refractivity contribution is 6.30. The highest BCUT2D eigenvalue weighted by Crippen LogP contribution is 2.22. The van der Waals surface area contributed by atoms with Gasteiger partial charge in [0.05, 0.1) is 5.92 Å². The summed E-state index contributed by atoms with van der Waals surface area (Å²) in [6.07, 6.45) is 0. The van der Waals surface area contributed by atoms with Gasteiger partial charge in [-0.25, -0.2) is 0 Å². The summed E-state index contributed by atoms with van der Waals surface area (Å²) in [4.78, 5) is 0. The van der Waals surface area contributed by atoms with Crippen molar-refractivity contribution in [2.45, 2.75) is 5.92 Å². The number of aromatic amines is 1. The lowest BCUT2D eigenvalue weighted by Gasteiger charge is -2.10. The van der Waals surface area contributed by atoms with Gasteiger partial charge < -0.3 is 5.73 Å². The van der Waals surface area contributed by atoms with E-state index in [-0.39, 0.29) is 5.92 Å². The molecule has 0 aliphatic rings. The summed E-state index contributed by atoms with van der Waals surface area (Å²) in [5.74, 6) is 0.516. The number of H-pyrrole nitrogens is 1. The molecule has 0 saturated heterocycles. The second-order valence-corrected chi connectivity index (χ2v) is 3.55. The van der Waals surface area contributed by atoms with Gasteiger partial charge in [0.15, 0.2) is 5.82 Å². The molecule has 0 bridgehead atoms. The Labute approximate surface area is 91.6 Å². The van der Waals surface area contributed by atoms with E-state index >= 15 is 0 Å². The standard InChI is InChI=1S/C9H10ClN5/c10-7-3-1-2-6(4-7)8(5-11)9-12-14-15-13-9/h1-4,8H,5,11H2,(H,12,13,14,15). The van der Waals surface area contributed by atoms with Crippen molar-refractivity contribution < 1.29 is 0 Å². The van der Waals surface area contributed by atoms with Crippen LogP contribution in [0.15, 0.2) is 24.3 Å². The van der Waals surface area contributed by atoms with Gasteiger partial charge in [0.25, 0.3) is 0 Å². The van der Waals surface area contributed by atoms with E-state index in [1.807, 2.05) is 24.3 Å². The summed E-state index contributed by atoms with van der Waals surface area (Å²) in [5, 5.41) is 14.4. The lowest BCUT2D eigenvalue weighted by Crippen LogP contribution is -2.15. The van der Waals surface area contributed by atoms with Crippen molar-refractivity contribution in [2.75, 3.05) is 6.54 Å². The van der Waals surface area contributed by atoms with Crippen LogP contribution >= 0.6 is 11.6 Å². The number of benzene rings is 1. The van der Waals surface area contributed by atoms with Crippen LogP contribution in [0.3, 0.4) is 0 Å². The van der Waals surface area contributed by atoms with E-state index in [2.05, 4.69) is 20.6 Å². The van der Waals surface area contributed by atoms with Crippen LogP contribution in [0.4, 0.5) is 0 Å². The van der Waals surface area contributed by atoms with Crippen molar-refractivity contribution in [1.29, 1.82) is 0 Å². The molecule has 2 rings (SSSR count). The first-order valence-electron chi connectivity index (χ1n) is 4.50. The minimum Gasteiger partial charge on any atom is -0.329 e. The Balaban J connectivity index is 2.35. The second kappa shape index (κ2) is 4.37. The van der Waals surface area contributed by atoms with Crippen LogP contribution in [-0.2, 0) is 0 Å². The molecule has 2 aromatic rings. The van der Waals surface area contributed by atoms with Crippen LogP contribution in [0, 0.1) is 0 Å². The quantitative estimate of drug-likeness (QED) is 0.812. The number of hydrogen-bond acceptors (Lipinski definition) is 4. The second-order valence-electron chi connectivity index (χ2n) is 3.11. The van der Waals surface area contributed by atoms with Crippen LogP contribution in [-0.4, -0.2) is 27.2 Å². The van der Waals surface area contributed by atoms with Gasteiger partial charge in [-0.15, -0.1) is 10.2 Å². The molecule has 0 amide bonds. The van der Waals surface area contributed by atoms with E-state index in [0.29, 0.717) is 17.4 Å². The number of nitrogens with one attached hydrogen (secondary N) is 1. The molecule has 1 aromatic carbocycles. The van der Waals surface area contributed by atoms with Gasteiger partial charge in [0.2, 0.25) is 0 Å². The van der Waals surface area contributed by atoms with Gasteiger partial charge in [-0.05, 0) is 17.7 Å². The van der Waals surface area contributed by atoms with Gasteiger partial charge in [-0.1, -0.05) is 28.9 Å². The first-order chi connectivity index (χ1) is 7.31. The summed E-state index contributed by atoms with van der Waals surface area (Å²) in [5.41, 5.74) is 6.67. The Morgan fingerprint density at radius 1 is 1.47 bits per heavy atom. The van der Waals surface area contributed by atoms with E-state index < -0.39 is 0 Å². The zero-order chi connectivity index (χ0) is 10.7. The third-order valence-electron chi connectivity index (χ3n) is 2.16. The molecular formula is C9H10ClN5. The minimum absolute atomic E-state index is 0.0672. The molecule has 0 spiro atoms. The average molecular weight is 224 g/mol. The Bertz CT molecular complexity index is 428. The highest BCUT2D eigenvalue weighted by Gasteiger charge is 2.16. The molecule has 1 unspecified atom stereocenters. The summed E-state index contributed by atoms with van der Waals surface area (Å²) in [6.45, 7) is 0.417. The molecule has 0 aliphatic carbocycles. The zero-order valence-corrected chi connectivity index (χ0v) is 8.65. The number of hydrogen-bond donors (Lipinski definition) is 2.